The van der Waals surface area contributed by atoms with E-state index in [0.29, 0.717) is 16.8 Å². The topological polar surface area (TPSA) is 50.5 Å². The first-order valence-electron chi connectivity index (χ1n) is 7.04. The Balaban J connectivity index is 1.76. The van der Waals surface area contributed by atoms with Crippen LogP contribution in [-0.4, -0.2) is 32.7 Å². The van der Waals surface area contributed by atoms with Gasteiger partial charge in [-0.2, -0.15) is 0 Å². The fourth-order valence-electron chi connectivity index (χ4n) is 2.60. The third-order valence-corrected chi connectivity index (χ3v) is 4.22. The highest BCUT2D eigenvalue weighted by atomic mass is 79.9. The molecule has 0 unspecified atom stereocenters. The van der Waals surface area contributed by atoms with Crippen molar-refractivity contribution in [2.75, 3.05) is 13.2 Å². The standard InChI is InChI=1S/C15H18BrN3O2/c1-2-21-13-8-11(7-12(16)15(13)20)9-18-5-6-19-4-3-17-14(19)10-18/h3-4,7-8,20H,2,5-6,9-10H2,1H3. The number of hydrogen-bond acceptors (Lipinski definition) is 4. The average molecular weight is 352 g/mol. The minimum Gasteiger partial charge on any atom is -0.503 e. The summed E-state index contributed by atoms with van der Waals surface area (Å²) in [5.74, 6) is 1.79. The van der Waals surface area contributed by atoms with E-state index in [1.54, 1.807) is 0 Å². The van der Waals surface area contributed by atoms with Crippen molar-refractivity contribution in [3.05, 3.63) is 40.4 Å². The highest BCUT2D eigenvalue weighted by molar-refractivity contribution is 9.10. The molecular weight excluding hydrogens is 334 g/mol. The van der Waals surface area contributed by atoms with Crippen LogP contribution < -0.4 is 4.74 Å². The van der Waals surface area contributed by atoms with E-state index in [1.165, 1.54) is 0 Å². The smallest absolute Gasteiger partial charge is 0.172 e. The minimum atomic E-state index is 0.162. The van der Waals surface area contributed by atoms with E-state index in [4.69, 9.17) is 4.74 Å². The maximum absolute atomic E-state index is 9.96. The van der Waals surface area contributed by atoms with Gasteiger partial charge in [0, 0.05) is 32.0 Å². The number of aromatic nitrogens is 2. The summed E-state index contributed by atoms with van der Waals surface area (Å²) >= 11 is 3.39. The Morgan fingerprint density at radius 2 is 2.24 bits per heavy atom. The van der Waals surface area contributed by atoms with E-state index < -0.39 is 0 Å². The van der Waals surface area contributed by atoms with Gasteiger partial charge in [-0.15, -0.1) is 0 Å². The molecule has 0 aliphatic carbocycles. The molecule has 0 amide bonds. The van der Waals surface area contributed by atoms with Crippen LogP contribution >= 0.6 is 15.9 Å². The van der Waals surface area contributed by atoms with Crippen molar-refractivity contribution in [2.24, 2.45) is 0 Å². The normalized spacial score (nSPS) is 15.0. The predicted octanol–water partition coefficient (Wildman–Crippen LogP) is 2.77. The molecule has 21 heavy (non-hydrogen) atoms. The zero-order valence-electron chi connectivity index (χ0n) is 11.9. The first-order valence-corrected chi connectivity index (χ1v) is 7.83. The van der Waals surface area contributed by atoms with Crippen LogP contribution in [0.2, 0.25) is 0 Å². The molecule has 1 aliphatic rings. The Labute approximate surface area is 132 Å². The van der Waals surface area contributed by atoms with E-state index in [1.807, 2.05) is 31.5 Å². The molecule has 1 aliphatic heterocycles. The number of aromatic hydroxyl groups is 1. The summed E-state index contributed by atoms with van der Waals surface area (Å²) in [6.07, 6.45) is 3.88. The summed E-state index contributed by atoms with van der Waals surface area (Å²) < 4.78 is 8.33. The summed E-state index contributed by atoms with van der Waals surface area (Å²) in [4.78, 5) is 6.72. The molecule has 0 saturated carbocycles. The molecule has 2 heterocycles. The molecule has 2 aromatic rings. The third kappa shape index (κ3) is 3.06. The fraction of sp³-hybridized carbons (Fsp3) is 0.400. The summed E-state index contributed by atoms with van der Waals surface area (Å²) in [6.45, 7) is 6.05. The largest absolute Gasteiger partial charge is 0.503 e. The van der Waals surface area contributed by atoms with Gasteiger partial charge in [0.2, 0.25) is 0 Å². The van der Waals surface area contributed by atoms with Gasteiger partial charge in [0.05, 0.1) is 17.6 Å². The zero-order valence-corrected chi connectivity index (χ0v) is 13.5. The molecular formula is C15H18BrN3O2. The lowest BCUT2D eigenvalue weighted by Gasteiger charge is -2.27. The molecule has 0 spiro atoms. The predicted molar refractivity (Wildman–Crippen MR) is 83.3 cm³/mol. The van der Waals surface area contributed by atoms with Crippen molar-refractivity contribution >= 4 is 15.9 Å². The number of halogens is 1. The number of phenols is 1. The van der Waals surface area contributed by atoms with Crippen LogP contribution in [0.5, 0.6) is 11.5 Å². The van der Waals surface area contributed by atoms with Crippen molar-refractivity contribution in [1.29, 1.82) is 0 Å². The number of hydrogen-bond donors (Lipinski definition) is 1. The number of rotatable bonds is 4. The molecule has 3 rings (SSSR count). The lowest BCUT2D eigenvalue weighted by atomic mass is 10.1. The van der Waals surface area contributed by atoms with Gasteiger partial charge in [-0.1, -0.05) is 0 Å². The van der Waals surface area contributed by atoms with Gasteiger partial charge in [-0.25, -0.2) is 4.98 Å². The molecule has 5 nitrogen and oxygen atoms in total. The molecule has 1 N–H and O–H groups in total. The highest BCUT2D eigenvalue weighted by Gasteiger charge is 2.18. The lowest BCUT2D eigenvalue weighted by Crippen LogP contribution is -2.33. The maximum atomic E-state index is 9.96. The van der Waals surface area contributed by atoms with Crippen molar-refractivity contribution < 1.29 is 9.84 Å². The van der Waals surface area contributed by atoms with E-state index in [0.717, 1.165) is 37.6 Å². The van der Waals surface area contributed by atoms with Gasteiger partial charge in [0.25, 0.3) is 0 Å². The van der Waals surface area contributed by atoms with Gasteiger partial charge in [0.1, 0.15) is 5.82 Å². The van der Waals surface area contributed by atoms with Gasteiger partial charge in [-0.05, 0) is 40.5 Å². The molecule has 1 aromatic carbocycles. The van der Waals surface area contributed by atoms with Crippen LogP contribution in [-0.2, 0) is 19.6 Å². The first-order chi connectivity index (χ1) is 10.2. The molecule has 0 bridgehead atoms. The molecule has 0 fully saturated rings. The van der Waals surface area contributed by atoms with Crippen molar-refractivity contribution in [3.63, 3.8) is 0 Å². The van der Waals surface area contributed by atoms with E-state index in [-0.39, 0.29) is 5.75 Å². The van der Waals surface area contributed by atoms with Crippen LogP contribution in [0.15, 0.2) is 29.0 Å². The number of nitrogens with zero attached hydrogens (tertiary/aromatic N) is 3. The Morgan fingerprint density at radius 1 is 1.38 bits per heavy atom. The molecule has 1 aromatic heterocycles. The summed E-state index contributed by atoms with van der Waals surface area (Å²) in [6, 6.07) is 3.85. The van der Waals surface area contributed by atoms with E-state index in [2.05, 4.69) is 30.4 Å². The second kappa shape index (κ2) is 6.07. The van der Waals surface area contributed by atoms with Gasteiger partial charge >= 0.3 is 0 Å². The summed E-state index contributed by atoms with van der Waals surface area (Å²) in [5, 5.41) is 9.96. The van der Waals surface area contributed by atoms with E-state index in [9.17, 15) is 5.11 Å². The van der Waals surface area contributed by atoms with Crippen LogP contribution in [0.3, 0.4) is 0 Å². The summed E-state index contributed by atoms with van der Waals surface area (Å²) in [7, 11) is 0. The monoisotopic (exact) mass is 351 g/mol. The number of benzene rings is 1. The molecule has 6 heteroatoms. The maximum Gasteiger partial charge on any atom is 0.172 e. The summed E-state index contributed by atoms with van der Waals surface area (Å²) in [5.41, 5.74) is 1.11. The van der Waals surface area contributed by atoms with Crippen LogP contribution in [0.1, 0.15) is 18.3 Å². The average Bonchev–Trinajstić information content (AvgIpc) is 2.92. The number of imidazole rings is 1. The number of ether oxygens (including phenoxy) is 1. The zero-order chi connectivity index (χ0) is 14.8. The molecule has 0 radical (unpaired) electrons. The van der Waals surface area contributed by atoms with Crippen LogP contribution in [0, 0.1) is 0 Å². The minimum absolute atomic E-state index is 0.162. The van der Waals surface area contributed by atoms with Crippen LogP contribution in [0.4, 0.5) is 0 Å². The second-order valence-corrected chi connectivity index (χ2v) is 5.96. The van der Waals surface area contributed by atoms with Gasteiger partial charge in [-0.3, -0.25) is 4.90 Å². The number of phenolic OH excluding ortho intramolecular Hbond substituents is 1. The molecule has 0 atom stereocenters. The van der Waals surface area contributed by atoms with E-state index >= 15 is 0 Å². The fourth-order valence-corrected chi connectivity index (χ4v) is 3.09. The Bertz CT molecular complexity index is 642. The second-order valence-electron chi connectivity index (χ2n) is 5.10. The first kappa shape index (κ1) is 14.4. The third-order valence-electron chi connectivity index (χ3n) is 3.62. The highest BCUT2D eigenvalue weighted by Crippen LogP contribution is 2.36. The Morgan fingerprint density at radius 3 is 3.05 bits per heavy atom. The van der Waals surface area contributed by atoms with Gasteiger partial charge in [0.15, 0.2) is 11.5 Å². The quantitative estimate of drug-likeness (QED) is 0.919. The Kier molecular flexibility index (Phi) is 4.17. The molecule has 112 valence electrons. The van der Waals surface area contributed by atoms with Crippen molar-refractivity contribution in [2.45, 2.75) is 26.6 Å². The number of fused-ring (bicyclic) bond motifs is 1. The lowest BCUT2D eigenvalue weighted by molar-refractivity contribution is 0.208. The van der Waals surface area contributed by atoms with Gasteiger partial charge < -0.3 is 14.4 Å². The Hall–Kier alpha value is -1.53. The van der Waals surface area contributed by atoms with Crippen LogP contribution in [0.25, 0.3) is 0 Å². The van der Waals surface area contributed by atoms with Crippen molar-refractivity contribution in [3.8, 4) is 11.5 Å². The SMILES string of the molecule is CCOc1cc(CN2CCn3ccnc3C2)cc(Br)c1O. The van der Waals surface area contributed by atoms with Crippen molar-refractivity contribution in [1.82, 2.24) is 14.5 Å². The molecule has 0 saturated heterocycles.